The monoisotopic (exact) mass is 366 g/mol. The van der Waals surface area contributed by atoms with Crippen LogP contribution < -0.4 is 14.2 Å². The lowest BCUT2D eigenvalue weighted by molar-refractivity contribution is -0.385. The molecule has 1 N–H and O–H groups in total. The first kappa shape index (κ1) is 18.5. The fourth-order valence-corrected chi connectivity index (χ4v) is 3.65. The molecule has 0 amide bonds. The number of non-ortho nitro benzene ring substituents is 1. The van der Waals surface area contributed by atoms with Gasteiger partial charge in [0.15, 0.2) is 0 Å². The van der Waals surface area contributed by atoms with Crippen LogP contribution in [0, 0.1) is 24.0 Å². The zero-order chi connectivity index (χ0) is 18.8. The summed E-state index contributed by atoms with van der Waals surface area (Å²) in [4.78, 5) is 10.2. The number of methoxy groups -OCH3 is 2. The first-order chi connectivity index (χ1) is 11.7. The fourth-order valence-electron chi connectivity index (χ4n) is 2.27. The maximum atomic E-state index is 12.7. The Bertz CT molecular complexity index is 902. The summed E-state index contributed by atoms with van der Waals surface area (Å²) in [5.41, 5.74) is 0.886. The minimum absolute atomic E-state index is 0.152. The van der Waals surface area contributed by atoms with E-state index >= 15 is 0 Å². The highest BCUT2D eigenvalue weighted by Crippen LogP contribution is 2.30. The summed E-state index contributed by atoms with van der Waals surface area (Å²) in [5, 5.41) is 11.0. The molecule has 0 bridgehead atoms. The van der Waals surface area contributed by atoms with Crippen molar-refractivity contribution in [2.24, 2.45) is 0 Å². The Balaban J connectivity index is 2.52. The predicted octanol–water partition coefficient (Wildman–Crippen LogP) is 3.03. The standard InChI is InChI=1S/C16H18N2O6S/c1-10-5-13(18(19)20)8-16(11(10)2)25(21,22)17-12-6-14(23-3)9-15(7-12)24-4/h5-9,17H,1-4H3. The number of nitro groups is 1. The second-order valence-corrected chi connectivity index (χ2v) is 7.00. The molecule has 2 aromatic carbocycles. The highest BCUT2D eigenvalue weighted by Gasteiger charge is 2.23. The molecule has 2 rings (SSSR count). The second kappa shape index (κ2) is 6.98. The summed E-state index contributed by atoms with van der Waals surface area (Å²) >= 11 is 0. The molecule has 0 unspecified atom stereocenters. The molecule has 0 saturated heterocycles. The molecule has 0 fully saturated rings. The summed E-state index contributed by atoms with van der Waals surface area (Å²) in [6.45, 7) is 3.22. The van der Waals surface area contributed by atoms with E-state index in [1.807, 2.05) is 0 Å². The van der Waals surface area contributed by atoms with Gasteiger partial charge in [0.1, 0.15) is 11.5 Å². The molecule has 2 aromatic rings. The van der Waals surface area contributed by atoms with Gasteiger partial charge in [0, 0.05) is 30.3 Å². The molecule has 0 saturated carbocycles. The number of rotatable bonds is 6. The van der Waals surface area contributed by atoms with Crippen LogP contribution in [0.5, 0.6) is 11.5 Å². The van der Waals surface area contributed by atoms with Gasteiger partial charge in [0.2, 0.25) is 0 Å². The normalized spacial score (nSPS) is 11.0. The van der Waals surface area contributed by atoms with Crippen molar-refractivity contribution in [2.75, 3.05) is 18.9 Å². The molecule has 0 aliphatic heterocycles. The minimum atomic E-state index is -4.04. The van der Waals surface area contributed by atoms with Crippen LogP contribution in [0.3, 0.4) is 0 Å². The molecule has 134 valence electrons. The van der Waals surface area contributed by atoms with E-state index in [4.69, 9.17) is 9.47 Å². The molecule has 8 nitrogen and oxygen atoms in total. The van der Waals surface area contributed by atoms with Crippen molar-refractivity contribution in [3.63, 3.8) is 0 Å². The van der Waals surface area contributed by atoms with Gasteiger partial charge in [0.25, 0.3) is 15.7 Å². The number of nitrogens with zero attached hydrogens (tertiary/aromatic N) is 1. The van der Waals surface area contributed by atoms with Crippen LogP contribution in [0.4, 0.5) is 11.4 Å². The highest BCUT2D eigenvalue weighted by atomic mass is 32.2. The molecule has 0 aliphatic rings. The third kappa shape index (κ3) is 4.00. The summed E-state index contributed by atoms with van der Waals surface area (Å²) in [5.74, 6) is 0.813. The number of ether oxygens (including phenoxy) is 2. The minimum Gasteiger partial charge on any atom is -0.497 e. The summed E-state index contributed by atoms with van der Waals surface area (Å²) in [6, 6.07) is 6.95. The van der Waals surface area contributed by atoms with Crippen LogP contribution in [-0.4, -0.2) is 27.6 Å². The lowest BCUT2D eigenvalue weighted by Gasteiger charge is -2.13. The number of nitro benzene ring substituents is 1. The van der Waals surface area contributed by atoms with Crippen LogP contribution in [0.2, 0.25) is 0 Å². The average molecular weight is 366 g/mol. The van der Waals surface area contributed by atoms with Gasteiger partial charge < -0.3 is 9.47 Å². The zero-order valence-corrected chi connectivity index (χ0v) is 15.0. The van der Waals surface area contributed by atoms with Crippen molar-refractivity contribution in [3.8, 4) is 11.5 Å². The van der Waals surface area contributed by atoms with Gasteiger partial charge in [-0.1, -0.05) is 0 Å². The fraction of sp³-hybridized carbons (Fsp3) is 0.250. The number of anilines is 1. The van der Waals surface area contributed by atoms with Gasteiger partial charge in [-0.3, -0.25) is 14.8 Å². The summed E-state index contributed by atoms with van der Waals surface area (Å²) < 4.78 is 38.1. The van der Waals surface area contributed by atoms with Gasteiger partial charge in [0.05, 0.1) is 29.7 Å². The zero-order valence-electron chi connectivity index (χ0n) is 14.2. The van der Waals surface area contributed by atoms with E-state index in [2.05, 4.69) is 4.72 Å². The lowest BCUT2D eigenvalue weighted by atomic mass is 10.1. The number of hydrogen-bond acceptors (Lipinski definition) is 6. The van der Waals surface area contributed by atoms with Crippen molar-refractivity contribution >= 4 is 21.4 Å². The Labute approximate surface area is 145 Å². The number of nitrogens with one attached hydrogen (secondary N) is 1. The maximum Gasteiger partial charge on any atom is 0.271 e. The van der Waals surface area contributed by atoms with Crippen LogP contribution in [0.15, 0.2) is 35.2 Å². The Morgan fingerprint density at radius 3 is 2.04 bits per heavy atom. The summed E-state index contributed by atoms with van der Waals surface area (Å²) in [7, 11) is -1.15. The molecule has 0 spiro atoms. The van der Waals surface area contributed by atoms with Crippen molar-refractivity contribution in [2.45, 2.75) is 18.7 Å². The van der Waals surface area contributed by atoms with Crippen LogP contribution >= 0.6 is 0 Å². The molecule has 0 aromatic heterocycles. The number of sulfonamides is 1. The topological polar surface area (TPSA) is 108 Å². The lowest BCUT2D eigenvalue weighted by Crippen LogP contribution is -2.15. The highest BCUT2D eigenvalue weighted by molar-refractivity contribution is 7.92. The first-order valence-electron chi connectivity index (χ1n) is 7.19. The number of benzene rings is 2. The van der Waals surface area contributed by atoms with E-state index in [0.717, 1.165) is 6.07 Å². The Morgan fingerprint density at radius 1 is 1.00 bits per heavy atom. The first-order valence-corrected chi connectivity index (χ1v) is 8.67. The molecule has 0 atom stereocenters. The van der Waals surface area contributed by atoms with Crippen LogP contribution in [-0.2, 0) is 10.0 Å². The Hall–Kier alpha value is -2.81. The molecule has 0 radical (unpaired) electrons. The van der Waals surface area contributed by atoms with Crippen molar-refractivity contribution < 1.29 is 22.8 Å². The molecule has 0 heterocycles. The van der Waals surface area contributed by atoms with Crippen LogP contribution in [0.25, 0.3) is 0 Å². The van der Waals surface area contributed by atoms with Gasteiger partial charge in [-0.2, -0.15) is 0 Å². The van der Waals surface area contributed by atoms with Crippen molar-refractivity contribution in [1.29, 1.82) is 0 Å². The van der Waals surface area contributed by atoms with E-state index in [1.54, 1.807) is 19.9 Å². The molecule has 25 heavy (non-hydrogen) atoms. The quantitative estimate of drug-likeness (QED) is 0.622. The van der Waals surface area contributed by atoms with Gasteiger partial charge in [-0.25, -0.2) is 8.42 Å². The van der Waals surface area contributed by atoms with Gasteiger partial charge >= 0.3 is 0 Å². The Kier molecular flexibility index (Phi) is 5.17. The van der Waals surface area contributed by atoms with Crippen LogP contribution in [0.1, 0.15) is 11.1 Å². The maximum absolute atomic E-state index is 12.7. The smallest absolute Gasteiger partial charge is 0.271 e. The third-order valence-electron chi connectivity index (χ3n) is 3.71. The van der Waals surface area contributed by atoms with E-state index in [9.17, 15) is 18.5 Å². The number of aryl methyl sites for hydroxylation is 1. The largest absolute Gasteiger partial charge is 0.497 e. The molecular formula is C16H18N2O6S. The Morgan fingerprint density at radius 2 is 1.56 bits per heavy atom. The second-order valence-electron chi connectivity index (χ2n) is 5.35. The van der Waals surface area contributed by atoms with E-state index in [1.165, 1.54) is 32.4 Å². The van der Waals surface area contributed by atoms with E-state index in [0.29, 0.717) is 22.6 Å². The van der Waals surface area contributed by atoms with Crippen molar-refractivity contribution in [1.82, 2.24) is 0 Å². The molecular weight excluding hydrogens is 348 g/mol. The average Bonchev–Trinajstić information content (AvgIpc) is 2.55. The van der Waals surface area contributed by atoms with Crippen molar-refractivity contribution in [3.05, 3.63) is 51.6 Å². The third-order valence-corrected chi connectivity index (χ3v) is 5.22. The van der Waals surface area contributed by atoms with Gasteiger partial charge in [-0.15, -0.1) is 0 Å². The van der Waals surface area contributed by atoms with E-state index in [-0.39, 0.29) is 16.3 Å². The number of hydrogen-bond donors (Lipinski definition) is 1. The van der Waals surface area contributed by atoms with Gasteiger partial charge in [-0.05, 0) is 25.0 Å². The molecule has 0 aliphatic carbocycles. The SMILES string of the molecule is COc1cc(NS(=O)(=O)c2cc([N+](=O)[O-])cc(C)c2C)cc(OC)c1. The molecule has 9 heteroatoms. The predicted molar refractivity (Wildman–Crippen MR) is 92.9 cm³/mol. The van der Waals surface area contributed by atoms with E-state index < -0.39 is 14.9 Å². The summed E-state index contributed by atoms with van der Waals surface area (Å²) in [6.07, 6.45) is 0.